The van der Waals surface area contributed by atoms with Crippen LogP contribution in [0.1, 0.15) is 30.1 Å². The first-order valence-corrected chi connectivity index (χ1v) is 11.3. The van der Waals surface area contributed by atoms with Gasteiger partial charge in [0.2, 0.25) is 0 Å². The van der Waals surface area contributed by atoms with Crippen molar-refractivity contribution < 1.29 is 41.4 Å². The number of nitrogens with zero attached hydrogens (tertiary/aromatic N) is 1. The molecule has 0 radical (unpaired) electrons. The number of sulfonamides is 1. The molecule has 12 heteroatoms. The topological polar surface area (TPSA) is 124 Å². The van der Waals surface area contributed by atoms with E-state index in [0.717, 1.165) is 25.9 Å². The quantitative estimate of drug-likeness (QED) is 0.580. The minimum atomic E-state index is -5.08. The van der Waals surface area contributed by atoms with Crippen molar-refractivity contribution in [3.05, 3.63) is 54.1 Å². The van der Waals surface area contributed by atoms with E-state index in [1.54, 1.807) is 24.3 Å². The van der Waals surface area contributed by atoms with Gasteiger partial charge in [-0.05, 0) is 49.1 Å². The molecule has 1 heterocycles. The van der Waals surface area contributed by atoms with Gasteiger partial charge in [-0.25, -0.2) is 18.0 Å². The molecule has 8 nitrogen and oxygen atoms in total. The standard InChI is InChI=1S/C19H22N2O4S.C2HF3O2/c1-14-6-5-11-21(13-14)18-10-9-15(19(22)23)12-17(18)20-26(24,25)16-7-3-2-4-8-16;3-2(4,5)1(6)7/h2-4,7-10,12,14,20H,5-6,11,13H2,1H3,(H,22,23);(H,6,7). The lowest BCUT2D eigenvalue weighted by molar-refractivity contribution is -0.192. The Morgan fingerprint density at radius 1 is 1.09 bits per heavy atom. The Balaban J connectivity index is 0.000000479. The zero-order valence-electron chi connectivity index (χ0n) is 17.5. The van der Waals surface area contributed by atoms with E-state index in [0.29, 0.717) is 17.3 Å². The van der Waals surface area contributed by atoms with Crippen LogP contribution in [0.25, 0.3) is 0 Å². The van der Waals surface area contributed by atoms with E-state index in [4.69, 9.17) is 9.90 Å². The number of carboxylic acid groups (broad SMARTS) is 2. The number of aliphatic carboxylic acids is 1. The predicted octanol–water partition coefficient (Wildman–Crippen LogP) is 4.06. The highest BCUT2D eigenvalue weighted by atomic mass is 32.2. The lowest BCUT2D eigenvalue weighted by atomic mass is 9.99. The van der Waals surface area contributed by atoms with Gasteiger partial charge in [0.15, 0.2) is 0 Å². The number of piperidine rings is 1. The number of carbonyl (C=O) groups is 2. The summed E-state index contributed by atoms with van der Waals surface area (Å²) < 4.78 is 59.7. The van der Waals surface area contributed by atoms with Crippen LogP contribution in [0.5, 0.6) is 0 Å². The summed E-state index contributed by atoms with van der Waals surface area (Å²) in [6.45, 7) is 3.79. The fourth-order valence-electron chi connectivity index (χ4n) is 3.24. The maximum atomic E-state index is 12.7. The van der Waals surface area contributed by atoms with E-state index in [1.807, 2.05) is 0 Å². The van der Waals surface area contributed by atoms with Crippen molar-refractivity contribution in [1.82, 2.24) is 0 Å². The number of carboxylic acids is 2. The lowest BCUT2D eigenvalue weighted by Crippen LogP contribution is -2.35. The van der Waals surface area contributed by atoms with Gasteiger partial charge >= 0.3 is 18.1 Å². The van der Waals surface area contributed by atoms with Gasteiger partial charge < -0.3 is 15.1 Å². The van der Waals surface area contributed by atoms with E-state index in [9.17, 15) is 31.5 Å². The molecule has 0 spiro atoms. The van der Waals surface area contributed by atoms with Crippen molar-refractivity contribution in [2.75, 3.05) is 22.7 Å². The fraction of sp³-hybridized carbons (Fsp3) is 0.333. The minimum absolute atomic E-state index is 0.0459. The Morgan fingerprint density at radius 2 is 1.70 bits per heavy atom. The summed E-state index contributed by atoms with van der Waals surface area (Å²) in [6.07, 6.45) is -2.93. The average molecular weight is 488 g/mol. The number of hydrogen-bond acceptors (Lipinski definition) is 5. The first-order valence-electron chi connectivity index (χ1n) is 9.81. The summed E-state index contributed by atoms with van der Waals surface area (Å²) >= 11 is 0. The zero-order valence-corrected chi connectivity index (χ0v) is 18.4. The first-order chi connectivity index (χ1) is 15.3. The second-order valence-corrected chi connectivity index (χ2v) is 9.13. The Morgan fingerprint density at radius 3 is 2.21 bits per heavy atom. The van der Waals surface area contributed by atoms with E-state index in [2.05, 4.69) is 16.5 Å². The third-order valence-corrected chi connectivity index (χ3v) is 6.16. The maximum absolute atomic E-state index is 12.7. The maximum Gasteiger partial charge on any atom is 0.490 e. The van der Waals surface area contributed by atoms with Crippen LogP contribution in [0.3, 0.4) is 0 Å². The van der Waals surface area contributed by atoms with Crippen LogP contribution in [0.2, 0.25) is 0 Å². The summed E-state index contributed by atoms with van der Waals surface area (Å²) in [7, 11) is -3.80. The van der Waals surface area contributed by atoms with Crippen LogP contribution in [0.15, 0.2) is 53.4 Å². The molecule has 0 bridgehead atoms. The number of hydrogen-bond donors (Lipinski definition) is 3. The molecule has 0 amide bonds. The van der Waals surface area contributed by atoms with Gasteiger partial charge in [0, 0.05) is 13.1 Å². The van der Waals surface area contributed by atoms with Crippen molar-refractivity contribution in [1.29, 1.82) is 0 Å². The number of halogens is 3. The molecule has 1 aliphatic rings. The predicted molar refractivity (Wildman–Crippen MR) is 115 cm³/mol. The molecule has 33 heavy (non-hydrogen) atoms. The Kier molecular flexibility index (Phi) is 8.31. The Hall–Kier alpha value is -3.28. The van der Waals surface area contributed by atoms with Crippen LogP contribution in [0, 0.1) is 5.92 Å². The van der Waals surface area contributed by atoms with E-state index in [1.165, 1.54) is 24.3 Å². The molecule has 180 valence electrons. The van der Waals surface area contributed by atoms with Crippen LogP contribution >= 0.6 is 0 Å². The van der Waals surface area contributed by atoms with Crippen molar-refractivity contribution in [3.63, 3.8) is 0 Å². The fourth-order valence-corrected chi connectivity index (χ4v) is 4.32. The normalized spacial score (nSPS) is 16.4. The van der Waals surface area contributed by atoms with Crippen molar-refractivity contribution in [2.45, 2.75) is 30.8 Å². The number of aromatic carboxylic acids is 1. The second-order valence-electron chi connectivity index (χ2n) is 7.45. The highest BCUT2D eigenvalue weighted by molar-refractivity contribution is 7.92. The highest BCUT2D eigenvalue weighted by Gasteiger charge is 2.38. The molecular weight excluding hydrogens is 465 g/mol. The molecule has 1 aliphatic heterocycles. The monoisotopic (exact) mass is 488 g/mol. The van der Waals surface area contributed by atoms with Crippen LogP contribution in [-0.4, -0.2) is 49.8 Å². The summed E-state index contributed by atoms with van der Waals surface area (Å²) in [4.78, 5) is 22.5. The van der Waals surface area contributed by atoms with E-state index in [-0.39, 0.29) is 10.5 Å². The van der Waals surface area contributed by atoms with Gasteiger partial charge in [-0.1, -0.05) is 25.1 Å². The van der Waals surface area contributed by atoms with Crippen molar-refractivity contribution >= 4 is 33.3 Å². The van der Waals surface area contributed by atoms with Crippen molar-refractivity contribution in [2.24, 2.45) is 5.92 Å². The van der Waals surface area contributed by atoms with E-state index < -0.39 is 28.1 Å². The molecule has 1 atom stereocenters. The van der Waals surface area contributed by atoms with Crippen molar-refractivity contribution in [3.8, 4) is 0 Å². The van der Waals surface area contributed by atoms with Gasteiger partial charge in [-0.3, -0.25) is 4.72 Å². The smallest absolute Gasteiger partial charge is 0.478 e. The molecular formula is C21H23F3N2O6S. The average Bonchev–Trinajstić information content (AvgIpc) is 2.74. The summed E-state index contributed by atoms with van der Waals surface area (Å²) in [5.74, 6) is -3.35. The summed E-state index contributed by atoms with van der Waals surface area (Å²) in [5, 5.41) is 16.4. The van der Waals surface area contributed by atoms with Gasteiger partial charge in [0.05, 0.1) is 21.8 Å². The number of rotatable bonds is 5. The zero-order chi connectivity index (χ0) is 24.8. The lowest BCUT2D eigenvalue weighted by Gasteiger charge is -2.34. The summed E-state index contributed by atoms with van der Waals surface area (Å²) in [5.41, 5.74) is 1.05. The molecule has 2 aromatic rings. The molecule has 1 unspecified atom stereocenters. The molecule has 3 rings (SSSR count). The van der Waals surface area contributed by atoms with Crippen LogP contribution in [0.4, 0.5) is 24.5 Å². The van der Waals surface area contributed by atoms with Gasteiger partial charge in [0.25, 0.3) is 10.0 Å². The third-order valence-electron chi connectivity index (χ3n) is 4.78. The van der Waals surface area contributed by atoms with Gasteiger partial charge in [-0.2, -0.15) is 13.2 Å². The minimum Gasteiger partial charge on any atom is -0.478 e. The van der Waals surface area contributed by atoms with E-state index >= 15 is 0 Å². The highest BCUT2D eigenvalue weighted by Crippen LogP contribution is 2.32. The molecule has 0 aromatic heterocycles. The van der Waals surface area contributed by atoms with Gasteiger partial charge in [0.1, 0.15) is 0 Å². The second kappa shape index (κ2) is 10.6. The molecule has 0 aliphatic carbocycles. The number of alkyl halides is 3. The summed E-state index contributed by atoms with van der Waals surface area (Å²) in [6, 6.07) is 12.6. The first kappa shape index (κ1) is 26.0. The van der Waals surface area contributed by atoms with Gasteiger partial charge in [-0.15, -0.1) is 0 Å². The molecule has 1 saturated heterocycles. The molecule has 3 N–H and O–H groups in total. The molecule has 2 aromatic carbocycles. The molecule has 1 fully saturated rings. The number of benzene rings is 2. The SMILES string of the molecule is CC1CCCN(c2ccc(C(=O)O)cc2NS(=O)(=O)c2ccccc2)C1.O=C(O)C(F)(F)F. The largest absolute Gasteiger partial charge is 0.490 e. The van der Waals surface area contributed by atoms with Crippen LogP contribution in [-0.2, 0) is 14.8 Å². The third kappa shape index (κ3) is 7.38. The Labute approximate surface area is 188 Å². The van der Waals surface area contributed by atoms with Crippen LogP contribution < -0.4 is 9.62 Å². The number of anilines is 2. The molecule has 0 saturated carbocycles. The Bertz CT molecular complexity index is 1090. The number of nitrogens with one attached hydrogen (secondary N) is 1.